The van der Waals surface area contributed by atoms with E-state index in [1.54, 1.807) is 29.2 Å². The molecule has 1 aliphatic rings. The number of amides is 2. The number of aromatic nitrogens is 3. The second kappa shape index (κ2) is 11.3. The Bertz CT molecular complexity index is 1530. The number of hydrogen-bond acceptors (Lipinski definition) is 5. The van der Waals surface area contributed by atoms with Gasteiger partial charge in [-0.15, -0.1) is 11.8 Å². The molecule has 40 heavy (non-hydrogen) atoms. The molecule has 0 saturated carbocycles. The van der Waals surface area contributed by atoms with Gasteiger partial charge in [0, 0.05) is 29.9 Å². The van der Waals surface area contributed by atoms with Crippen molar-refractivity contribution in [3.05, 3.63) is 107 Å². The van der Waals surface area contributed by atoms with E-state index in [4.69, 9.17) is 5.10 Å². The van der Waals surface area contributed by atoms with Crippen molar-refractivity contribution in [1.29, 1.82) is 0 Å². The number of anilines is 1. The van der Waals surface area contributed by atoms with Crippen LogP contribution in [0, 0.1) is 12.7 Å². The highest BCUT2D eigenvalue weighted by Gasteiger charge is 2.40. The summed E-state index contributed by atoms with van der Waals surface area (Å²) in [4.78, 5) is 32.5. The summed E-state index contributed by atoms with van der Waals surface area (Å²) in [6, 6.07) is 17.9. The van der Waals surface area contributed by atoms with Crippen LogP contribution >= 0.6 is 11.8 Å². The Morgan fingerprint density at radius 2 is 1.82 bits per heavy atom. The van der Waals surface area contributed by atoms with E-state index in [-0.39, 0.29) is 40.6 Å². The zero-order valence-corrected chi connectivity index (χ0v) is 23.8. The maximum atomic E-state index is 13.9. The van der Waals surface area contributed by atoms with Crippen molar-refractivity contribution >= 4 is 29.4 Å². The summed E-state index contributed by atoms with van der Waals surface area (Å²) in [6.07, 6.45) is 3.34. The monoisotopic (exact) mass is 557 g/mol. The van der Waals surface area contributed by atoms with Crippen molar-refractivity contribution in [2.24, 2.45) is 0 Å². The third-order valence-corrected chi connectivity index (χ3v) is 8.01. The lowest BCUT2D eigenvalue weighted by Gasteiger charge is -2.24. The first-order valence-corrected chi connectivity index (χ1v) is 14.2. The standard InChI is InChI=1S/C31H32FN5O2S/c1-20-6-5-7-22(16-20)28-27-29(31(2,3)4)35-37(24-10-8-23(32)9-11-24)30(27)36(26(39)19-40-28)18-25(38)34-17-21-12-14-33-15-13-21/h5-16,28H,17-19H2,1-4H3,(H,34,38)/t28-/m0/s1. The van der Waals surface area contributed by atoms with Crippen LogP contribution < -0.4 is 10.2 Å². The topological polar surface area (TPSA) is 80.1 Å². The van der Waals surface area contributed by atoms with Gasteiger partial charge in [-0.1, -0.05) is 50.6 Å². The van der Waals surface area contributed by atoms with Gasteiger partial charge in [0.15, 0.2) is 0 Å². The summed E-state index contributed by atoms with van der Waals surface area (Å²) in [5, 5.41) is 7.77. The normalized spacial score (nSPS) is 15.5. The van der Waals surface area contributed by atoms with Crippen molar-refractivity contribution in [3.8, 4) is 5.69 Å². The number of thioether (sulfide) groups is 1. The van der Waals surface area contributed by atoms with Crippen LogP contribution in [0.4, 0.5) is 10.2 Å². The zero-order chi connectivity index (χ0) is 28.4. The molecule has 1 atom stereocenters. The fourth-order valence-corrected chi connectivity index (χ4v) is 6.02. The molecule has 1 N–H and O–H groups in total. The molecule has 0 saturated heterocycles. The van der Waals surface area contributed by atoms with Crippen LogP contribution in [-0.2, 0) is 21.5 Å². The van der Waals surface area contributed by atoms with Crippen LogP contribution in [0.25, 0.3) is 5.69 Å². The highest BCUT2D eigenvalue weighted by Crippen LogP contribution is 2.48. The zero-order valence-electron chi connectivity index (χ0n) is 23.0. The van der Waals surface area contributed by atoms with Gasteiger partial charge in [0.2, 0.25) is 11.8 Å². The first-order chi connectivity index (χ1) is 19.1. The molecule has 0 aliphatic carbocycles. The highest BCUT2D eigenvalue weighted by atomic mass is 32.2. The second-order valence-electron chi connectivity index (χ2n) is 10.9. The van der Waals surface area contributed by atoms with E-state index in [1.165, 1.54) is 28.8 Å². The number of aryl methyl sites for hydroxylation is 1. The summed E-state index contributed by atoms with van der Waals surface area (Å²) in [6.45, 7) is 8.45. The molecule has 0 spiro atoms. The van der Waals surface area contributed by atoms with Gasteiger partial charge in [-0.3, -0.25) is 19.5 Å². The molecular formula is C31H32FN5O2S. The van der Waals surface area contributed by atoms with E-state index in [2.05, 4.69) is 43.2 Å². The number of benzene rings is 2. The number of nitrogens with zero attached hydrogens (tertiary/aromatic N) is 4. The van der Waals surface area contributed by atoms with Crippen LogP contribution in [0.2, 0.25) is 0 Å². The lowest BCUT2D eigenvalue weighted by molar-refractivity contribution is -0.123. The van der Waals surface area contributed by atoms with Crippen LogP contribution in [0.1, 0.15) is 54.0 Å². The molecule has 7 nitrogen and oxygen atoms in total. The number of rotatable bonds is 6. The summed E-state index contributed by atoms with van der Waals surface area (Å²) < 4.78 is 15.6. The SMILES string of the molecule is Cc1cccc([C@@H]2SCC(=O)N(CC(=O)NCc3ccncc3)c3c2c(C(C)(C)C)nn3-c2ccc(F)cc2)c1. The minimum Gasteiger partial charge on any atom is -0.350 e. The predicted molar refractivity (Wildman–Crippen MR) is 156 cm³/mol. The van der Waals surface area contributed by atoms with Gasteiger partial charge in [0.25, 0.3) is 0 Å². The van der Waals surface area contributed by atoms with Crippen molar-refractivity contribution in [3.63, 3.8) is 0 Å². The van der Waals surface area contributed by atoms with Crippen molar-refractivity contribution in [2.45, 2.75) is 44.9 Å². The van der Waals surface area contributed by atoms with E-state index in [0.717, 1.165) is 27.9 Å². The molecule has 2 aromatic heterocycles. The van der Waals surface area contributed by atoms with Crippen LogP contribution in [0.5, 0.6) is 0 Å². The fraction of sp³-hybridized carbons (Fsp3) is 0.290. The van der Waals surface area contributed by atoms with E-state index in [0.29, 0.717) is 18.1 Å². The van der Waals surface area contributed by atoms with Gasteiger partial charge in [-0.25, -0.2) is 9.07 Å². The molecule has 0 radical (unpaired) electrons. The molecule has 0 fully saturated rings. The Morgan fingerprint density at radius 1 is 1.10 bits per heavy atom. The Morgan fingerprint density at radius 3 is 2.50 bits per heavy atom. The maximum Gasteiger partial charge on any atom is 0.240 e. The molecule has 0 unspecified atom stereocenters. The summed E-state index contributed by atoms with van der Waals surface area (Å²) in [5.74, 6) is -0.118. The van der Waals surface area contributed by atoms with Gasteiger partial charge >= 0.3 is 0 Å². The Hall–Kier alpha value is -3.98. The van der Waals surface area contributed by atoms with Gasteiger partial charge in [-0.2, -0.15) is 5.10 Å². The molecule has 5 rings (SSSR count). The number of pyridine rings is 1. The van der Waals surface area contributed by atoms with Crippen LogP contribution in [-0.4, -0.2) is 38.9 Å². The summed E-state index contributed by atoms with van der Waals surface area (Å²) >= 11 is 1.54. The molecule has 4 aromatic rings. The van der Waals surface area contributed by atoms with Gasteiger partial charge in [0.1, 0.15) is 18.2 Å². The highest BCUT2D eigenvalue weighted by molar-refractivity contribution is 8.00. The molecular weight excluding hydrogens is 525 g/mol. The number of hydrogen-bond donors (Lipinski definition) is 1. The smallest absolute Gasteiger partial charge is 0.240 e. The van der Waals surface area contributed by atoms with Crippen LogP contribution in [0.15, 0.2) is 73.1 Å². The number of nitrogens with one attached hydrogen (secondary N) is 1. The van der Waals surface area contributed by atoms with Crippen molar-refractivity contribution < 1.29 is 14.0 Å². The van der Waals surface area contributed by atoms with Gasteiger partial charge in [-0.05, 0) is 54.4 Å². The van der Waals surface area contributed by atoms with E-state index in [9.17, 15) is 14.0 Å². The average Bonchev–Trinajstić information content (AvgIpc) is 3.26. The fourth-order valence-electron chi connectivity index (χ4n) is 4.83. The van der Waals surface area contributed by atoms with Crippen molar-refractivity contribution in [1.82, 2.24) is 20.1 Å². The quantitative estimate of drug-likeness (QED) is 0.339. The molecule has 9 heteroatoms. The molecule has 2 aromatic carbocycles. The Kier molecular flexibility index (Phi) is 7.76. The Balaban J connectivity index is 1.65. The third kappa shape index (κ3) is 5.79. The summed E-state index contributed by atoms with van der Waals surface area (Å²) in [5.41, 5.74) is 5.03. The third-order valence-electron chi connectivity index (χ3n) is 6.76. The first kappa shape index (κ1) is 27.6. The molecule has 1 aliphatic heterocycles. The largest absolute Gasteiger partial charge is 0.350 e. The lowest BCUT2D eigenvalue weighted by atomic mass is 9.87. The maximum absolute atomic E-state index is 13.9. The average molecular weight is 558 g/mol. The van der Waals surface area contributed by atoms with Gasteiger partial charge < -0.3 is 5.32 Å². The number of carbonyl (C=O) groups excluding carboxylic acids is 2. The number of carbonyl (C=O) groups is 2. The first-order valence-electron chi connectivity index (χ1n) is 13.2. The molecule has 2 amide bonds. The van der Waals surface area contributed by atoms with Gasteiger partial charge in [0.05, 0.1) is 22.4 Å². The van der Waals surface area contributed by atoms with E-state index < -0.39 is 0 Å². The summed E-state index contributed by atoms with van der Waals surface area (Å²) in [7, 11) is 0. The number of fused-ring (bicyclic) bond motifs is 1. The molecule has 3 heterocycles. The van der Waals surface area contributed by atoms with Crippen LogP contribution in [0.3, 0.4) is 0 Å². The van der Waals surface area contributed by atoms with E-state index >= 15 is 0 Å². The minimum absolute atomic E-state index is 0.172. The lowest BCUT2D eigenvalue weighted by Crippen LogP contribution is -2.42. The minimum atomic E-state index is -0.374. The Labute approximate surface area is 237 Å². The number of halogens is 1. The predicted octanol–water partition coefficient (Wildman–Crippen LogP) is 5.50. The van der Waals surface area contributed by atoms with E-state index in [1.807, 2.05) is 31.2 Å². The second-order valence-corrected chi connectivity index (χ2v) is 12.0. The molecule has 206 valence electrons. The van der Waals surface area contributed by atoms with Crippen molar-refractivity contribution in [2.75, 3.05) is 17.2 Å². The molecule has 0 bridgehead atoms.